The predicted molar refractivity (Wildman–Crippen MR) is 121 cm³/mol. The van der Waals surface area contributed by atoms with Crippen molar-refractivity contribution in [2.45, 2.75) is 23.3 Å². The molecule has 0 aliphatic carbocycles. The molecule has 1 amide bonds. The van der Waals surface area contributed by atoms with E-state index in [-0.39, 0.29) is 17.0 Å². The van der Waals surface area contributed by atoms with Crippen molar-refractivity contribution in [1.29, 1.82) is 0 Å². The third-order valence-corrected chi connectivity index (χ3v) is 6.61. The van der Waals surface area contributed by atoms with Gasteiger partial charge in [0.1, 0.15) is 5.76 Å². The summed E-state index contributed by atoms with van der Waals surface area (Å²) >= 11 is 1.58. The van der Waals surface area contributed by atoms with Crippen molar-refractivity contribution in [2.75, 3.05) is 18.2 Å². The number of nitrogens with one attached hydrogen (secondary N) is 2. The largest absolute Gasteiger partial charge is 0.468 e. The van der Waals surface area contributed by atoms with E-state index in [4.69, 9.17) is 9.15 Å². The van der Waals surface area contributed by atoms with Crippen LogP contribution in [-0.4, -0.2) is 33.2 Å². The number of hydrogen-bond acceptors (Lipinski definition) is 7. The molecule has 0 aliphatic heterocycles. The van der Waals surface area contributed by atoms with E-state index >= 15 is 0 Å². The molecule has 0 bridgehead atoms. The molecule has 0 spiro atoms. The van der Waals surface area contributed by atoms with Gasteiger partial charge in [-0.25, -0.2) is 17.9 Å². The first-order valence-corrected chi connectivity index (χ1v) is 12.2. The van der Waals surface area contributed by atoms with Gasteiger partial charge >= 0.3 is 5.97 Å². The Kier molecular flexibility index (Phi) is 7.73. The number of furan rings is 1. The Hall–Kier alpha value is -3.08. The van der Waals surface area contributed by atoms with Gasteiger partial charge in [-0.2, -0.15) is 0 Å². The van der Waals surface area contributed by atoms with Crippen LogP contribution in [0.1, 0.15) is 21.7 Å². The molecular formula is C22H22N2O6S2. The molecule has 0 unspecified atom stereocenters. The lowest BCUT2D eigenvalue weighted by Crippen LogP contribution is -2.24. The summed E-state index contributed by atoms with van der Waals surface area (Å²) < 4.78 is 37.7. The zero-order valence-electron chi connectivity index (χ0n) is 17.5. The summed E-state index contributed by atoms with van der Waals surface area (Å²) in [5.41, 5.74) is 1.16. The number of amides is 1. The average molecular weight is 475 g/mol. The van der Waals surface area contributed by atoms with Crippen molar-refractivity contribution in [1.82, 2.24) is 4.72 Å². The minimum atomic E-state index is -3.89. The summed E-state index contributed by atoms with van der Waals surface area (Å²) in [6.07, 6.45) is 3.39. The molecule has 0 radical (unpaired) electrons. The van der Waals surface area contributed by atoms with Gasteiger partial charge in [-0.1, -0.05) is 6.07 Å². The van der Waals surface area contributed by atoms with E-state index in [1.807, 2.05) is 18.4 Å². The molecule has 3 rings (SSSR count). The number of ether oxygens (including phenoxy) is 1. The molecule has 10 heteroatoms. The van der Waals surface area contributed by atoms with E-state index in [2.05, 4.69) is 10.0 Å². The Morgan fingerprint density at radius 2 is 1.84 bits per heavy atom. The maximum Gasteiger partial charge on any atom is 0.338 e. The molecule has 1 heterocycles. The van der Waals surface area contributed by atoms with Crippen molar-refractivity contribution >= 4 is 39.3 Å². The van der Waals surface area contributed by atoms with Crippen LogP contribution in [0.15, 0.2) is 75.1 Å². The van der Waals surface area contributed by atoms with Gasteiger partial charge in [-0.3, -0.25) is 4.79 Å². The number of anilines is 1. The average Bonchev–Trinajstić information content (AvgIpc) is 3.31. The summed E-state index contributed by atoms with van der Waals surface area (Å²) in [7, 11) is -3.89. The normalized spacial score (nSPS) is 11.2. The number of carbonyl (C=O) groups is 2. The van der Waals surface area contributed by atoms with Gasteiger partial charge in [0.15, 0.2) is 6.61 Å². The molecule has 32 heavy (non-hydrogen) atoms. The summed E-state index contributed by atoms with van der Waals surface area (Å²) in [5.74, 6) is -0.843. The van der Waals surface area contributed by atoms with Crippen LogP contribution in [0.3, 0.4) is 0 Å². The van der Waals surface area contributed by atoms with E-state index in [9.17, 15) is 18.0 Å². The summed E-state index contributed by atoms with van der Waals surface area (Å²) in [5, 5.41) is 2.64. The molecular weight excluding hydrogens is 452 g/mol. The van der Waals surface area contributed by atoms with Crippen LogP contribution in [0.4, 0.5) is 5.69 Å². The first kappa shape index (κ1) is 23.6. The zero-order chi connectivity index (χ0) is 23.1. The lowest BCUT2D eigenvalue weighted by Gasteiger charge is -2.11. The van der Waals surface area contributed by atoms with E-state index in [1.54, 1.807) is 43.0 Å². The third kappa shape index (κ3) is 6.22. The van der Waals surface area contributed by atoms with Gasteiger partial charge in [-0.15, -0.1) is 11.8 Å². The fourth-order valence-electron chi connectivity index (χ4n) is 2.73. The molecule has 8 nitrogen and oxygen atoms in total. The predicted octanol–water partition coefficient (Wildman–Crippen LogP) is 3.58. The minimum Gasteiger partial charge on any atom is -0.468 e. The highest BCUT2D eigenvalue weighted by Crippen LogP contribution is 2.19. The van der Waals surface area contributed by atoms with Gasteiger partial charge in [-0.05, 0) is 67.3 Å². The second-order valence-corrected chi connectivity index (χ2v) is 9.38. The fraction of sp³-hybridized carbons (Fsp3) is 0.182. The second-order valence-electron chi connectivity index (χ2n) is 6.73. The van der Waals surface area contributed by atoms with E-state index in [0.717, 1.165) is 4.90 Å². The first-order valence-electron chi connectivity index (χ1n) is 9.52. The van der Waals surface area contributed by atoms with Crippen LogP contribution in [-0.2, 0) is 26.1 Å². The molecule has 1 aromatic heterocycles. The number of benzene rings is 2. The van der Waals surface area contributed by atoms with Crippen LogP contribution in [0.25, 0.3) is 0 Å². The maximum atomic E-state index is 12.6. The van der Waals surface area contributed by atoms with E-state index in [0.29, 0.717) is 17.0 Å². The first-order chi connectivity index (χ1) is 15.3. The standard InChI is InChI=1S/C22H22N2O6S2/c1-15-5-10-19(32(27,28)23-13-17-4-3-11-29-17)12-20(15)22(26)30-14-21(25)24-16-6-8-18(31-2)9-7-16/h3-12,23H,13-14H2,1-2H3,(H,24,25). The van der Waals surface area contributed by atoms with Crippen LogP contribution >= 0.6 is 11.8 Å². The van der Waals surface area contributed by atoms with Crippen molar-refractivity contribution in [3.63, 3.8) is 0 Å². The fourth-order valence-corrected chi connectivity index (χ4v) is 4.16. The van der Waals surface area contributed by atoms with Crippen LogP contribution in [0.2, 0.25) is 0 Å². The Bertz CT molecular complexity index is 1190. The second kappa shape index (κ2) is 10.5. The van der Waals surface area contributed by atoms with Gasteiger partial charge in [0.2, 0.25) is 10.0 Å². The molecule has 2 N–H and O–H groups in total. The molecule has 3 aromatic rings. The summed E-state index contributed by atoms with van der Waals surface area (Å²) in [6, 6.07) is 14.6. The lowest BCUT2D eigenvalue weighted by atomic mass is 10.1. The van der Waals surface area contributed by atoms with Gasteiger partial charge in [0.25, 0.3) is 5.91 Å². The highest BCUT2D eigenvalue weighted by atomic mass is 32.2. The number of sulfonamides is 1. The molecule has 0 saturated heterocycles. The van der Waals surface area contributed by atoms with Crippen LogP contribution < -0.4 is 10.0 Å². The molecule has 0 fully saturated rings. The van der Waals surface area contributed by atoms with Crippen LogP contribution in [0, 0.1) is 6.92 Å². The van der Waals surface area contributed by atoms with Gasteiger partial charge in [0, 0.05) is 10.6 Å². The SMILES string of the molecule is CSc1ccc(NC(=O)COC(=O)c2cc(S(=O)(=O)NCc3ccco3)ccc2C)cc1. The number of aryl methyl sites for hydroxylation is 1. The number of esters is 1. The number of rotatable bonds is 9. The zero-order valence-corrected chi connectivity index (χ0v) is 19.1. The maximum absolute atomic E-state index is 12.6. The van der Waals surface area contributed by atoms with Gasteiger partial charge < -0.3 is 14.5 Å². The van der Waals surface area contributed by atoms with Crippen molar-refractivity contribution in [2.24, 2.45) is 0 Å². The monoisotopic (exact) mass is 474 g/mol. The minimum absolute atomic E-state index is 0.0267. The molecule has 0 aliphatic rings. The highest BCUT2D eigenvalue weighted by Gasteiger charge is 2.20. The number of hydrogen-bond donors (Lipinski definition) is 2. The van der Waals surface area contributed by atoms with Crippen molar-refractivity contribution in [3.8, 4) is 0 Å². The molecule has 0 saturated carbocycles. The van der Waals surface area contributed by atoms with E-state index < -0.39 is 28.5 Å². The highest BCUT2D eigenvalue weighted by molar-refractivity contribution is 7.98. The summed E-state index contributed by atoms with van der Waals surface area (Å²) in [6.45, 7) is 1.12. The van der Waals surface area contributed by atoms with Crippen molar-refractivity contribution in [3.05, 3.63) is 77.7 Å². The summed E-state index contributed by atoms with van der Waals surface area (Å²) in [4.78, 5) is 25.6. The Morgan fingerprint density at radius 3 is 2.50 bits per heavy atom. The number of thioether (sulfide) groups is 1. The Morgan fingerprint density at radius 1 is 1.09 bits per heavy atom. The quantitative estimate of drug-likeness (QED) is 0.360. The van der Waals surface area contributed by atoms with Crippen molar-refractivity contribution < 1.29 is 27.2 Å². The molecule has 168 valence electrons. The molecule has 0 atom stereocenters. The number of carbonyl (C=O) groups excluding carboxylic acids is 2. The third-order valence-electron chi connectivity index (χ3n) is 4.46. The smallest absolute Gasteiger partial charge is 0.338 e. The molecule has 2 aromatic carbocycles. The Balaban J connectivity index is 1.62. The van der Waals surface area contributed by atoms with E-state index in [1.165, 1.54) is 24.5 Å². The van der Waals surface area contributed by atoms with Crippen LogP contribution in [0.5, 0.6) is 0 Å². The topological polar surface area (TPSA) is 115 Å². The Labute approximate surface area is 190 Å². The lowest BCUT2D eigenvalue weighted by molar-refractivity contribution is -0.119. The van der Waals surface area contributed by atoms with Gasteiger partial charge in [0.05, 0.1) is 23.3 Å².